The number of ether oxygens (including phenoxy) is 3. The minimum absolute atomic E-state index is 0.0343. The lowest BCUT2D eigenvalue weighted by Gasteiger charge is -2.20. The van der Waals surface area contributed by atoms with Gasteiger partial charge in [-0.15, -0.1) is 0 Å². The van der Waals surface area contributed by atoms with Crippen molar-refractivity contribution in [1.82, 2.24) is 4.31 Å². The summed E-state index contributed by atoms with van der Waals surface area (Å²) in [5, 5.41) is 2.81. The summed E-state index contributed by atoms with van der Waals surface area (Å²) >= 11 is 6.00. The van der Waals surface area contributed by atoms with Gasteiger partial charge in [0.05, 0.1) is 23.6 Å². The van der Waals surface area contributed by atoms with Crippen molar-refractivity contribution in [3.63, 3.8) is 0 Å². The molecule has 150 valence electrons. The number of fused-ring (bicyclic) bond motifs is 1. The number of hydrogen-bond donors (Lipinski definition) is 1. The number of carbonyl (C=O) groups excluding carboxylic acids is 1. The Morgan fingerprint density at radius 2 is 1.89 bits per heavy atom. The van der Waals surface area contributed by atoms with Crippen molar-refractivity contribution < 1.29 is 27.4 Å². The first-order valence-corrected chi connectivity index (χ1v) is 10.1. The zero-order chi connectivity index (χ0) is 20.3. The monoisotopic (exact) mass is 426 g/mol. The highest BCUT2D eigenvalue weighted by atomic mass is 35.5. The van der Waals surface area contributed by atoms with E-state index in [1.54, 1.807) is 18.2 Å². The van der Waals surface area contributed by atoms with Gasteiger partial charge in [-0.3, -0.25) is 4.79 Å². The number of nitrogens with zero attached hydrogens (tertiary/aromatic N) is 1. The normalized spacial score (nSPS) is 13.3. The van der Waals surface area contributed by atoms with Gasteiger partial charge in [0, 0.05) is 18.8 Å². The molecular weight excluding hydrogens is 408 g/mol. The fourth-order valence-corrected chi connectivity index (χ4v) is 4.07. The number of rotatable bonds is 6. The highest BCUT2D eigenvalue weighted by molar-refractivity contribution is 7.89. The standard InChI is InChI=1S/C18H19ClN2O6S/c1-21(28(23,24)13-4-6-15(25-2)14(19)10-13)11-18(22)20-12-3-5-16-17(9-12)27-8-7-26-16/h3-6,9-10H,7-8,11H2,1-2H3,(H,20,22). The van der Waals surface area contributed by atoms with Gasteiger partial charge in [-0.05, 0) is 30.3 Å². The second-order valence-corrected chi connectivity index (χ2v) is 8.42. The lowest BCUT2D eigenvalue weighted by atomic mass is 10.2. The third-order valence-electron chi connectivity index (χ3n) is 4.02. The van der Waals surface area contributed by atoms with Crippen molar-refractivity contribution in [2.45, 2.75) is 4.90 Å². The van der Waals surface area contributed by atoms with E-state index in [-0.39, 0.29) is 16.5 Å². The zero-order valence-corrected chi connectivity index (χ0v) is 16.8. The Bertz CT molecular complexity index is 996. The highest BCUT2D eigenvalue weighted by Crippen LogP contribution is 2.32. The molecule has 8 nitrogen and oxygen atoms in total. The molecule has 1 aliphatic heterocycles. The van der Waals surface area contributed by atoms with Gasteiger partial charge < -0.3 is 19.5 Å². The maximum Gasteiger partial charge on any atom is 0.243 e. The van der Waals surface area contributed by atoms with E-state index in [4.69, 9.17) is 25.8 Å². The largest absolute Gasteiger partial charge is 0.495 e. The van der Waals surface area contributed by atoms with Crippen LogP contribution in [-0.2, 0) is 14.8 Å². The van der Waals surface area contributed by atoms with Gasteiger partial charge in [0.1, 0.15) is 19.0 Å². The van der Waals surface area contributed by atoms with E-state index in [9.17, 15) is 13.2 Å². The molecule has 0 saturated carbocycles. The summed E-state index contributed by atoms with van der Waals surface area (Å²) in [6.45, 7) is 0.521. The average Bonchev–Trinajstić information content (AvgIpc) is 2.67. The number of sulfonamides is 1. The van der Waals surface area contributed by atoms with Crippen molar-refractivity contribution in [2.75, 3.05) is 39.2 Å². The SMILES string of the molecule is COc1ccc(S(=O)(=O)N(C)CC(=O)Nc2ccc3c(c2)OCCO3)cc1Cl. The Morgan fingerprint density at radius 1 is 1.18 bits per heavy atom. The minimum atomic E-state index is -3.90. The van der Waals surface area contributed by atoms with Crippen molar-refractivity contribution in [2.24, 2.45) is 0 Å². The average molecular weight is 427 g/mol. The quantitative estimate of drug-likeness (QED) is 0.762. The van der Waals surface area contributed by atoms with E-state index in [1.807, 2.05) is 0 Å². The molecule has 1 heterocycles. The van der Waals surface area contributed by atoms with Crippen molar-refractivity contribution >= 4 is 33.2 Å². The Kier molecular flexibility index (Phi) is 5.97. The second kappa shape index (κ2) is 8.26. The third-order valence-corrected chi connectivity index (χ3v) is 6.12. The molecule has 3 rings (SSSR count). The van der Waals surface area contributed by atoms with Crippen LogP contribution in [0.1, 0.15) is 0 Å². The molecule has 10 heteroatoms. The fraction of sp³-hybridized carbons (Fsp3) is 0.278. The summed E-state index contributed by atoms with van der Waals surface area (Å²) in [4.78, 5) is 12.3. The number of amides is 1. The molecule has 28 heavy (non-hydrogen) atoms. The van der Waals surface area contributed by atoms with Crippen LogP contribution < -0.4 is 19.5 Å². The highest BCUT2D eigenvalue weighted by Gasteiger charge is 2.24. The van der Waals surface area contributed by atoms with E-state index >= 15 is 0 Å². The van der Waals surface area contributed by atoms with Crippen LogP contribution in [-0.4, -0.2) is 52.5 Å². The predicted octanol–water partition coefficient (Wildman–Crippen LogP) is 2.38. The molecule has 0 radical (unpaired) electrons. The summed E-state index contributed by atoms with van der Waals surface area (Å²) in [5.41, 5.74) is 0.479. The van der Waals surface area contributed by atoms with Crippen LogP contribution in [0.2, 0.25) is 5.02 Å². The number of methoxy groups -OCH3 is 1. The third kappa shape index (κ3) is 4.32. The molecule has 1 aliphatic rings. The van der Waals surface area contributed by atoms with Crippen LogP contribution in [0.25, 0.3) is 0 Å². The molecule has 0 fully saturated rings. The number of hydrogen-bond acceptors (Lipinski definition) is 6. The number of benzene rings is 2. The van der Waals surface area contributed by atoms with E-state index in [0.29, 0.717) is 36.1 Å². The number of halogens is 1. The number of nitrogens with one attached hydrogen (secondary N) is 1. The summed E-state index contributed by atoms with van der Waals surface area (Å²) in [6.07, 6.45) is 0. The second-order valence-electron chi connectivity index (χ2n) is 5.96. The van der Waals surface area contributed by atoms with Gasteiger partial charge >= 0.3 is 0 Å². The summed E-state index contributed by atoms with van der Waals surface area (Å²) in [6, 6.07) is 9.08. The van der Waals surface area contributed by atoms with Gasteiger partial charge in [0.15, 0.2) is 11.5 Å². The van der Waals surface area contributed by atoms with Crippen LogP contribution in [0.4, 0.5) is 5.69 Å². The minimum Gasteiger partial charge on any atom is -0.495 e. The first-order chi connectivity index (χ1) is 13.3. The van der Waals surface area contributed by atoms with Crippen molar-refractivity contribution in [3.8, 4) is 17.2 Å². The molecule has 0 aliphatic carbocycles. The van der Waals surface area contributed by atoms with E-state index in [0.717, 1.165) is 4.31 Å². The van der Waals surface area contributed by atoms with Crippen LogP contribution >= 0.6 is 11.6 Å². The molecule has 0 aromatic heterocycles. The van der Waals surface area contributed by atoms with Crippen LogP contribution in [0, 0.1) is 0 Å². The van der Waals surface area contributed by atoms with Gasteiger partial charge in [-0.25, -0.2) is 8.42 Å². The smallest absolute Gasteiger partial charge is 0.243 e. The first kappa shape index (κ1) is 20.2. The molecule has 0 spiro atoms. The zero-order valence-electron chi connectivity index (χ0n) is 15.3. The topological polar surface area (TPSA) is 94.2 Å². The van der Waals surface area contributed by atoms with Crippen molar-refractivity contribution in [3.05, 3.63) is 41.4 Å². The first-order valence-electron chi connectivity index (χ1n) is 8.30. The Morgan fingerprint density at radius 3 is 2.57 bits per heavy atom. The van der Waals surface area contributed by atoms with Crippen LogP contribution in [0.15, 0.2) is 41.3 Å². The maximum absolute atomic E-state index is 12.7. The van der Waals surface area contributed by atoms with Gasteiger partial charge in [0.2, 0.25) is 15.9 Å². The van der Waals surface area contributed by atoms with Gasteiger partial charge in [-0.1, -0.05) is 11.6 Å². The van der Waals surface area contributed by atoms with E-state index < -0.39 is 15.9 Å². The number of anilines is 1. The van der Waals surface area contributed by atoms with Gasteiger partial charge in [0.25, 0.3) is 0 Å². The summed E-state index contributed by atoms with van der Waals surface area (Å²) in [7, 11) is -1.15. The van der Waals surface area contributed by atoms with Crippen LogP contribution in [0.3, 0.4) is 0 Å². The maximum atomic E-state index is 12.7. The molecular formula is C18H19ClN2O6S. The molecule has 0 unspecified atom stereocenters. The summed E-state index contributed by atoms with van der Waals surface area (Å²) in [5.74, 6) is 0.986. The number of likely N-dealkylation sites (N-methyl/N-ethyl adjacent to an activating group) is 1. The molecule has 0 atom stereocenters. The number of carbonyl (C=O) groups is 1. The predicted molar refractivity (Wildman–Crippen MR) is 104 cm³/mol. The van der Waals surface area contributed by atoms with Gasteiger partial charge in [-0.2, -0.15) is 4.31 Å². The molecule has 1 N–H and O–H groups in total. The summed E-state index contributed by atoms with van der Waals surface area (Å²) < 4.78 is 42.2. The molecule has 1 amide bonds. The van der Waals surface area contributed by atoms with Crippen molar-refractivity contribution in [1.29, 1.82) is 0 Å². The Balaban J connectivity index is 1.68. The molecule has 2 aromatic rings. The lowest BCUT2D eigenvalue weighted by Crippen LogP contribution is -2.35. The lowest BCUT2D eigenvalue weighted by molar-refractivity contribution is -0.116. The Labute approximate surface area is 168 Å². The molecule has 2 aromatic carbocycles. The Hall–Kier alpha value is -2.49. The van der Waals surface area contributed by atoms with E-state index in [1.165, 1.54) is 32.4 Å². The molecule has 0 bridgehead atoms. The fourth-order valence-electron chi connectivity index (χ4n) is 2.60. The van der Waals surface area contributed by atoms with Crippen LogP contribution in [0.5, 0.6) is 17.2 Å². The van der Waals surface area contributed by atoms with E-state index in [2.05, 4.69) is 5.32 Å². The molecule has 0 saturated heterocycles.